The summed E-state index contributed by atoms with van der Waals surface area (Å²) in [6.45, 7) is 5.06. The second-order valence-corrected chi connectivity index (χ2v) is 5.77. The number of furan rings is 1. The van der Waals surface area contributed by atoms with E-state index in [1.807, 2.05) is 6.07 Å². The summed E-state index contributed by atoms with van der Waals surface area (Å²) >= 11 is 1.78. The highest BCUT2D eigenvalue weighted by Gasteiger charge is 2.24. The van der Waals surface area contributed by atoms with Crippen LogP contribution < -0.4 is 5.73 Å². The Bertz CT molecular complexity index is 476. The molecule has 0 saturated heterocycles. The zero-order chi connectivity index (χ0) is 13.1. The van der Waals surface area contributed by atoms with Crippen molar-refractivity contribution in [2.45, 2.75) is 32.5 Å². The van der Waals surface area contributed by atoms with E-state index in [1.165, 1.54) is 16.0 Å². The van der Waals surface area contributed by atoms with E-state index < -0.39 is 0 Å². The van der Waals surface area contributed by atoms with Gasteiger partial charge in [-0.2, -0.15) is 0 Å². The third kappa shape index (κ3) is 2.83. The number of nitrogens with zero attached hydrogens (tertiary/aromatic N) is 1. The molecule has 18 heavy (non-hydrogen) atoms. The number of aryl methyl sites for hydroxylation is 1. The van der Waals surface area contributed by atoms with Crippen LogP contribution in [0.15, 0.2) is 34.5 Å². The van der Waals surface area contributed by atoms with Gasteiger partial charge in [-0.15, -0.1) is 11.3 Å². The van der Waals surface area contributed by atoms with Crippen LogP contribution in [-0.2, 0) is 6.54 Å². The van der Waals surface area contributed by atoms with E-state index in [0.29, 0.717) is 0 Å². The van der Waals surface area contributed by atoms with Crippen molar-refractivity contribution in [2.75, 3.05) is 7.05 Å². The Morgan fingerprint density at radius 1 is 1.44 bits per heavy atom. The normalized spacial score (nSPS) is 14.9. The summed E-state index contributed by atoms with van der Waals surface area (Å²) in [5.41, 5.74) is 8.67. The third-order valence-corrected chi connectivity index (χ3v) is 4.24. The predicted octanol–water partition coefficient (Wildman–Crippen LogP) is 3.17. The molecule has 2 aromatic rings. The molecule has 0 aliphatic heterocycles. The summed E-state index contributed by atoms with van der Waals surface area (Å²) in [6, 6.07) is 4.50. The summed E-state index contributed by atoms with van der Waals surface area (Å²) in [7, 11) is 2.11. The lowest BCUT2D eigenvalue weighted by Crippen LogP contribution is -2.36. The highest BCUT2D eigenvalue weighted by molar-refractivity contribution is 7.10. The first-order chi connectivity index (χ1) is 8.59. The maximum atomic E-state index is 6.17. The zero-order valence-corrected chi connectivity index (χ0v) is 11.9. The van der Waals surface area contributed by atoms with Crippen molar-refractivity contribution in [2.24, 2.45) is 5.73 Å². The summed E-state index contributed by atoms with van der Waals surface area (Å²) in [5, 5.41) is 2.13. The van der Waals surface area contributed by atoms with Crippen molar-refractivity contribution in [1.29, 1.82) is 0 Å². The predicted molar refractivity (Wildman–Crippen MR) is 75.6 cm³/mol. The quantitative estimate of drug-likeness (QED) is 0.902. The molecule has 0 bridgehead atoms. The van der Waals surface area contributed by atoms with Gasteiger partial charge in [-0.25, -0.2) is 0 Å². The molecule has 0 saturated carbocycles. The smallest absolute Gasteiger partial charge is 0.0947 e. The Labute approximate surface area is 112 Å². The van der Waals surface area contributed by atoms with Crippen LogP contribution >= 0.6 is 11.3 Å². The number of hydrogen-bond acceptors (Lipinski definition) is 4. The lowest BCUT2D eigenvalue weighted by atomic mass is 10.0. The number of thiophene rings is 1. The molecule has 0 fully saturated rings. The summed E-state index contributed by atoms with van der Waals surface area (Å²) < 4.78 is 5.11. The average Bonchev–Trinajstić information content (AvgIpc) is 2.91. The van der Waals surface area contributed by atoms with Gasteiger partial charge >= 0.3 is 0 Å². The lowest BCUT2D eigenvalue weighted by Gasteiger charge is -2.30. The molecular weight excluding hydrogens is 244 g/mol. The minimum atomic E-state index is 0.0965. The first kappa shape index (κ1) is 13.3. The van der Waals surface area contributed by atoms with E-state index in [4.69, 9.17) is 10.2 Å². The van der Waals surface area contributed by atoms with Crippen LogP contribution in [0.1, 0.15) is 29.0 Å². The maximum absolute atomic E-state index is 6.17. The van der Waals surface area contributed by atoms with Gasteiger partial charge in [0.05, 0.1) is 18.6 Å². The van der Waals surface area contributed by atoms with Crippen molar-refractivity contribution in [1.82, 2.24) is 4.90 Å². The molecule has 0 aromatic carbocycles. The fourth-order valence-electron chi connectivity index (χ4n) is 2.30. The third-order valence-electron chi connectivity index (χ3n) is 3.16. The molecular formula is C14H20N2OS. The second-order valence-electron chi connectivity index (χ2n) is 4.82. The van der Waals surface area contributed by atoms with Gasteiger partial charge in [0.15, 0.2) is 0 Å². The van der Waals surface area contributed by atoms with E-state index >= 15 is 0 Å². The topological polar surface area (TPSA) is 42.4 Å². The standard InChI is InChI=1S/C14H20N2OS/c1-10-5-7-18-14(10)13(11(2)15)16(3)8-12-4-6-17-9-12/h4-7,9,11,13H,8,15H2,1-3H3. The zero-order valence-electron chi connectivity index (χ0n) is 11.1. The Kier molecular flexibility index (Phi) is 4.22. The minimum Gasteiger partial charge on any atom is -0.472 e. The molecule has 0 spiro atoms. The first-order valence-electron chi connectivity index (χ1n) is 6.10. The number of likely N-dealkylation sites (N-methyl/N-ethyl adjacent to an activating group) is 1. The van der Waals surface area contributed by atoms with E-state index in [9.17, 15) is 0 Å². The fraction of sp³-hybridized carbons (Fsp3) is 0.429. The van der Waals surface area contributed by atoms with Crippen LogP contribution in [0.2, 0.25) is 0 Å². The van der Waals surface area contributed by atoms with Crippen LogP contribution in [0.3, 0.4) is 0 Å². The molecule has 4 heteroatoms. The summed E-state index contributed by atoms with van der Waals surface area (Å²) in [6.07, 6.45) is 3.50. The molecule has 0 radical (unpaired) electrons. The van der Waals surface area contributed by atoms with Gasteiger partial charge in [0.1, 0.15) is 0 Å². The highest BCUT2D eigenvalue weighted by Crippen LogP contribution is 2.30. The van der Waals surface area contributed by atoms with Gasteiger partial charge in [-0.3, -0.25) is 4.90 Å². The van der Waals surface area contributed by atoms with Gasteiger partial charge in [-0.05, 0) is 44.0 Å². The molecule has 0 aliphatic carbocycles. The van der Waals surface area contributed by atoms with Crippen molar-refractivity contribution >= 4 is 11.3 Å². The van der Waals surface area contributed by atoms with Crippen LogP contribution in [-0.4, -0.2) is 18.0 Å². The Balaban J connectivity index is 2.18. The number of hydrogen-bond donors (Lipinski definition) is 1. The molecule has 2 aromatic heterocycles. The molecule has 2 unspecified atom stereocenters. The first-order valence-corrected chi connectivity index (χ1v) is 6.98. The maximum Gasteiger partial charge on any atom is 0.0947 e. The van der Waals surface area contributed by atoms with Gasteiger partial charge in [0, 0.05) is 23.0 Å². The minimum absolute atomic E-state index is 0.0965. The summed E-state index contributed by atoms with van der Waals surface area (Å²) in [4.78, 5) is 3.64. The van der Waals surface area contributed by atoms with Gasteiger partial charge < -0.3 is 10.2 Å². The van der Waals surface area contributed by atoms with Crippen molar-refractivity contribution in [3.63, 3.8) is 0 Å². The van der Waals surface area contributed by atoms with Crippen molar-refractivity contribution in [3.8, 4) is 0 Å². The van der Waals surface area contributed by atoms with E-state index in [0.717, 1.165) is 6.54 Å². The van der Waals surface area contributed by atoms with Crippen LogP contribution in [0.25, 0.3) is 0 Å². The largest absolute Gasteiger partial charge is 0.472 e. The van der Waals surface area contributed by atoms with Crippen molar-refractivity contribution in [3.05, 3.63) is 46.0 Å². The highest BCUT2D eigenvalue weighted by atomic mass is 32.1. The van der Waals surface area contributed by atoms with E-state index in [-0.39, 0.29) is 12.1 Å². The van der Waals surface area contributed by atoms with E-state index in [1.54, 1.807) is 23.9 Å². The number of rotatable bonds is 5. The monoisotopic (exact) mass is 264 g/mol. The molecule has 2 atom stereocenters. The molecule has 3 nitrogen and oxygen atoms in total. The Morgan fingerprint density at radius 2 is 2.22 bits per heavy atom. The van der Waals surface area contributed by atoms with Crippen molar-refractivity contribution < 1.29 is 4.42 Å². The second kappa shape index (κ2) is 5.69. The van der Waals surface area contributed by atoms with Crippen LogP contribution in [0.4, 0.5) is 0 Å². The van der Waals surface area contributed by atoms with Gasteiger partial charge in [0.2, 0.25) is 0 Å². The molecule has 2 rings (SSSR count). The number of nitrogens with two attached hydrogens (primary N) is 1. The molecule has 2 heterocycles. The van der Waals surface area contributed by atoms with Gasteiger partial charge in [-0.1, -0.05) is 0 Å². The van der Waals surface area contributed by atoms with Crippen LogP contribution in [0, 0.1) is 6.92 Å². The van der Waals surface area contributed by atoms with Crippen LogP contribution in [0.5, 0.6) is 0 Å². The SMILES string of the molecule is Cc1ccsc1C(C(C)N)N(C)Cc1ccoc1. The summed E-state index contributed by atoms with van der Waals surface area (Å²) in [5.74, 6) is 0. The van der Waals surface area contributed by atoms with E-state index in [2.05, 4.69) is 37.2 Å². The molecule has 98 valence electrons. The molecule has 2 N–H and O–H groups in total. The molecule has 0 amide bonds. The Morgan fingerprint density at radius 3 is 2.72 bits per heavy atom. The fourth-order valence-corrected chi connectivity index (χ4v) is 3.50. The van der Waals surface area contributed by atoms with Gasteiger partial charge in [0.25, 0.3) is 0 Å². The Hall–Kier alpha value is -1.10. The average molecular weight is 264 g/mol. The molecule has 0 aliphatic rings. The lowest BCUT2D eigenvalue weighted by molar-refractivity contribution is 0.213.